The van der Waals surface area contributed by atoms with Gasteiger partial charge < -0.3 is 10.1 Å². The number of nitrogens with one attached hydrogen (secondary N) is 1. The third-order valence-electron chi connectivity index (χ3n) is 5.72. The van der Waals surface area contributed by atoms with Crippen molar-refractivity contribution < 1.29 is 9.53 Å². The van der Waals surface area contributed by atoms with Crippen LogP contribution < -0.4 is 21.2 Å². The number of aryl methyl sites for hydroxylation is 1. The lowest BCUT2D eigenvalue weighted by Gasteiger charge is -2.10. The van der Waals surface area contributed by atoms with E-state index in [1.54, 1.807) is 19.2 Å². The first-order valence-electron chi connectivity index (χ1n) is 11.6. The molecule has 0 unspecified atom stereocenters. The summed E-state index contributed by atoms with van der Waals surface area (Å²) >= 11 is 0. The van der Waals surface area contributed by atoms with E-state index in [-0.39, 0.29) is 36.7 Å². The molecule has 184 valence electrons. The number of rotatable bonds is 9. The fourth-order valence-electron chi connectivity index (χ4n) is 3.65. The summed E-state index contributed by atoms with van der Waals surface area (Å²) in [5.41, 5.74) is 3.49. The van der Waals surface area contributed by atoms with Crippen LogP contribution in [0.15, 0.2) is 82.4 Å². The second kappa shape index (κ2) is 11.3. The van der Waals surface area contributed by atoms with Crippen molar-refractivity contribution in [3.63, 3.8) is 0 Å². The largest absolute Gasteiger partial charge is 0.497 e. The van der Waals surface area contributed by atoms with Crippen LogP contribution in [-0.4, -0.2) is 39.1 Å². The van der Waals surface area contributed by atoms with Gasteiger partial charge in [0.25, 0.3) is 11.1 Å². The topological polar surface area (TPSA) is 108 Å². The van der Waals surface area contributed by atoms with Crippen LogP contribution in [-0.2, 0) is 24.3 Å². The van der Waals surface area contributed by atoms with E-state index in [4.69, 9.17) is 4.74 Å². The third-order valence-corrected chi connectivity index (χ3v) is 5.72. The van der Waals surface area contributed by atoms with Gasteiger partial charge in [-0.2, -0.15) is 10.2 Å². The van der Waals surface area contributed by atoms with Crippen LogP contribution in [0.2, 0.25) is 0 Å². The fourth-order valence-corrected chi connectivity index (χ4v) is 3.65. The van der Waals surface area contributed by atoms with Crippen molar-refractivity contribution in [3.05, 3.63) is 99.1 Å². The number of carbonyl (C=O) groups excluding carboxylic acids is 1. The van der Waals surface area contributed by atoms with Gasteiger partial charge in [0, 0.05) is 29.8 Å². The van der Waals surface area contributed by atoms with Gasteiger partial charge in [0.2, 0.25) is 5.91 Å². The minimum absolute atomic E-state index is 0.171. The Morgan fingerprint density at radius 2 is 1.36 bits per heavy atom. The summed E-state index contributed by atoms with van der Waals surface area (Å²) in [6, 6.07) is 21.4. The Morgan fingerprint density at radius 1 is 0.806 bits per heavy atom. The quantitative estimate of drug-likeness (QED) is 0.390. The molecule has 4 rings (SSSR count). The van der Waals surface area contributed by atoms with Gasteiger partial charge in [0.05, 0.1) is 25.0 Å². The van der Waals surface area contributed by atoms with Gasteiger partial charge in [0.15, 0.2) is 0 Å². The standard InChI is InChI=1S/C27H27N5O4/c1-3-19-4-6-20(7-5-19)24-13-15-27(35)32(30-24)18-25(33)28-16-17-31-26(34)14-12-23(29-31)21-8-10-22(36-2)11-9-21/h4-15H,3,16-18H2,1-2H3,(H,28,33). The number of hydrogen-bond acceptors (Lipinski definition) is 6. The maximum Gasteiger partial charge on any atom is 0.267 e. The van der Waals surface area contributed by atoms with Gasteiger partial charge in [-0.25, -0.2) is 9.36 Å². The SMILES string of the molecule is CCc1ccc(-c2ccc(=O)n(CC(=O)NCCn3nc(-c4ccc(OC)cc4)ccc3=O)n2)cc1. The molecule has 2 aromatic heterocycles. The van der Waals surface area contributed by atoms with Crippen LogP contribution in [0.5, 0.6) is 5.75 Å². The predicted molar refractivity (Wildman–Crippen MR) is 137 cm³/mol. The lowest BCUT2D eigenvalue weighted by Crippen LogP contribution is -2.36. The van der Waals surface area contributed by atoms with E-state index in [0.29, 0.717) is 11.4 Å². The zero-order valence-corrected chi connectivity index (χ0v) is 20.2. The molecule has 0 saturated carbocycles. The molecule has 0 spiro atoms. The maximum atomic E-state index is 12.5. The first-order valence-corrected chi connectivity index (χ1v) is 11.6. The summed E-state index contributed by atoms with van der Waals surface area (Å²) in [6.45, 7) is 2.20. The number of nitrogens with zero attached hydrogens (tertiary/aromatic N) is 4. The van der Waals surface area contributed by atoms with Crippen LogP contribution >= 0.6 is 0 Å². The van der Waals surface area contributed by atoms with E-state index in [1.165, 1.54) is 22.4 Å². The number of methoxy groups -OCH3 is 1. The Kier molecular flexibility index (Phi) is 7.69. The van der Waals surface area contributed by atoms with E-state index in [9.17, 15) is 14.4 Å². The van der Waals surface area contributed by atoms with Crippen molar-refractivity contribution in [2.45, 2.75) is 26.4 Å². The molecule has 9 nitrogen and oxygen atoms in total. The summed E-state index contributed by atoms with van der Waals surface area (Å²) < 4.78 is 7.60. The number of aromatic nitrogens is 4. The van der Waals surface area contributed by atoms with E-state index in [1.807, 2.05) is 48.5 Å². The molecule has 2 aromatic carbocycles. The Bertz CT molecular complexity index is 1460. The number of benzene rings is 2. The van der Waals surface area contributed by atoms with Gasteiger partial charge in [-0.1, -0.05) is 31.2 Å². The molecule has 2 heterocycles. The minimum atomic E-state index is -0.387. The molecule has 0 aliphatic carbocycles. The lowest BCUT2D eigenvalue weighted by atomic mass is 10.1. The predicted octanol–water partition coefficient (Wildman–Crippen LogP) is 2.52. The highest BCUT2D eigenvalue weighted by molar-refractivity contribution is 5.75. The van der Waals surface area contributed by atoms with Gasteiger partial charge in [-0.05, 0) is 48.4 Å². The van der Waals surface area contributed by atoms with Gasteiger partial charge in [0.1, 0.15) is 12.3 Å². The Hall–Kier alpha value is -4.53. The van der Waals surface area contributed by atoms with Crippen molar-refractivity contribution >= 4 is 5.91 Å². The molecule has 0 radical (unpaired) electrons. The molecule has 36 heavy (non-hydrogen) atoms. The fraction of sp³-hybridized carbons (Fsp3) is 0.222. The first-order chi connectivity index (χ1) is 17.5. The molecule has 0 aliphatic rings. The number of hydrogen-bond donors (Lipinski definition) is 1. The highest BCUT2D eigenvalue weighted by atomic mass is 16.5. The molecule has 4 aromatic rings. The monoisotopic (exact) mass is 485 g/mol. The maximum absolute atomic E-state index is 12.5. The molecule has 1 N–H and O–H groups in total. The van der Waals surface area contributed by atoms with Gasteiger partial charge in [-0.15, -0.1) is 0 Å². The molecular weight excluding hydrogens is 458 g/mol. The van der Waals surface area contributed by atoms with Gasteiger partial charge in [-0.3, -0.25) is 14.4 Å². The zero-order chi connectivity index (χ0) is 25.5. The van der Waals surface area contributed by atoms with Crippen LogP contribution in [0.25, 0.3) is 22.5 Å². The second-order valence-corrected chi connectivity index (χ2v) is 8.12. The summed E-state index contributed by atoms with van der Waals surface area (Å²) in [6.07, 6.45) is 0.931. The summed E-state index contributed by atoms with van der Waals surface area (Å²) in [5.74, 6) is 0.339. The Balaban J connectivity index is 1.38. The van der Waals surface area contributed by atoms with Crippen LogP contribution in [0, 0.1) is 0 Å². The van der Waals surface area contributed by atoms with Crippen LogP contribution in [0.4, 0.5) is 0 Å². The van der Waals surface area contributed by atoms with Crippen molar-refractivity contribution in [2.24, 2.45) is 0 Å². The normalized spacial score (nSPS) is 10.7. The highest BCUT2D eigenvalue weighted by Crippen LogP contribution is 2.19. The number of amides is 1. The first kappa shape index (κ1) is 24.6. The van der Waals surface area contributed by atoms with Crippen molar-refractivity contribution in [1.82, 2.24) is 24.9 Å². The molecule has 1 amide bonds. The van der Waals surface area contributed by atoms with E-state index >= 15 is 0 Å². The smallest absolute Gasteiger partial charge is 0.267 e. The summed E-state index contributed by atoms with van der Waals surface area (Å²) in [7, 11) is 1.59. The average molecular weight is 486 g/mol. The number of carbonyl (C=O) groups is 1. The zero-order valence-electron chi connectivity index (χ0n) is 20.2. The van der Waals surface area contributed by atoms with Crippen molar-refractivity contribution in [1.29, 1.82) is 0 Å². The van der Waals surface area contributed by atoms with Crippen LogP contribution in [0.3, 0.4) is 0 Å². The third kappa shape index (κ3) is 5.93. The van der Waals surface area contributed by atoms with Gasteiger partial charge >= 0.3 is 0 Å². The van der Waals surface area contributed by atoms with E-state index < -0.39 is 0 Å². The van der Waals surface area contributed by atoms with E-state index in [2.05, 4.69) is 22.4 Å². The van der Waals surface area contributed by atoms with E-state index in [0.717, 1.165) is 28.0 Å². The minimum Gasteiger partial charge on any atom is -0.497 e. The molecule has 0 atom stereocenters. The Labute approximate surface area is 208 Å². The molecule has 0 saturated heterocycles. The molecule has 9 heteroatoms. The summed E-state index contributed by atoms with van der Waals surface area (Å²) in [4.78, 5) is 37.0. The second-order valence-electron chi connectivity index (χ2n) is 8.12. The number of ether oxygens (including phenoxy) is 1. The Morgan fingerprint density at radius 3 is 1.94 bits per heavy atom. The molecule has 0 bridgehead atoms. The average Bonchev–Trinajstić information content (AvgIpc) is 2.91. The van der Waals surface area contributed by atoms with Crippen LogP contribution in [0.1, 0.15) is 12.5 Å². The molecule has 0 fully saturated rings. The highest BCUT2D eigenvalue weighted by Gasteiger charge is 2.09. The molecule has 0 aliphatic heterocycles. The summed E-state index contributed by atoms with van der Waals surface area (Å²) in [5, 5.41) is 11.5. The lowest BCUT2D eigenvalue weighted by molar-refractivity contribution is -0.121. The van der Waals surface area contributed by atoms with Crippen molar-refractivity contribution in [3.8, 4) is 28.3 Å². The van der Waals surface area contributed by atoms with Crippen molar-refractivity contribution in [2.75, 3.05) is 13.7 Å². The molecular formula is C27H27N5O4.